The summed E-state index contributed by atoms with van der Waals surface area (Å²) in [6, 6.07) is 8.56. The first-order valence-electron chi connectivity index (χ1n) is 9.35. The van der Waals surface area contributed by atoms with Crippen molar-refractivity contribution in [2.45, 2.75) is 51.2 Å². The fraction of sp³-hybridized carbons (Fsp3) is 0.700. The number of hydrogen-bond acceptors (Lipinski definition) is 4. The average molecular weight is 332 g/mol. The Morgan fingerprint density at radius 2 is 2.12 bits per heavy atom. The maximum absolute atomic E-state index is 6.28. The second kappa shape index (κ2) is 7.75. The van der Waals surface area contributed by atoms with E-state index in [9.17, 15) is 0 Å². The van der Waals surface area contributed by atoms with Crippen molar-refractivity contribution in [3.8, 4) is 5.75 Å². The third kappa shape index (κ3) is 4.42. The number of piperidine rings is 1. The Kier molecular flexibility index (Phi) is 5.67. The molecule has 2 aliphatic rings. The molecule has 0 saturated carbocycles. The van der Waals surface area contributed by atoms with Crippen molar-refractivity contribution in [2.24, 2.45) is 5.92 Å². The van der Waals surface area contributed by atoms with E-state index in [0.717, 1.165) is 30.4 Å². The Morgan fingerprint density at radius 3 is 2.83 bits per heavy atom. The van der Waals surface area contributed by atoms with Gasteiger partial charge < -0.3 is 19.7 Å². The molecule has 0 amide bonds. The summed E-state index contributed by atoms with van der Waals surface area (Å²) in [7, 11) is 1.71. The summed E-state index contributed by atoms with van der Waals surface area (Å²) in [4.78, 5) is 2.61. The van der Waals surface area contributed by atoms with E-state index in [0.29, 0.717) is 6.04 Å². The Balaban J connectivity index is 1.48. The van der Waals surface area contributed by atoms with Crippen LogP contribution in [0.2, 0.25) is 0 Å². The van der Waals surface area contributed by atoms with Gasteiger partial charge in [-0.25, -0.2) is 0 Å². The Bertz CT molecular complexity index is 524. The zero-order chi connectivity index (χ0) is 17.0. The maximum atomic E-state index is 6.28. The zero-order valence-electron chi connectivity index (χ0n) is 15.4. The second-order valence-corrected chi connectivity index (χ2v) is 7.80. The quantitative estimate of drug-likeness (QED) is 0.860. The molecule has 4 heteroatoms. The summed E-state index contributed by atoms with van der Waals surface area (Å²) in [5.41, 5.74) is 1.22. The van der Waals surface area contributed by atoms with Crippen LogP contribution >= 0.6 is 0 Å². The number of nitrogens with zero attached hydrogens (tertiary/aromatic N) is 1. The molecule has 134 valence electrons. The Hall–Kier alpha value is -1.26. The fourth-order valence-electron chi connectivity index (χ4n) is 3.86. The number of benzene rings is 1. The minimum atomic E-state index is 0.102. The average Bonchev–Trinajstić information content (AvgIpc) is 2.97. The summed E-state index contributed by atoms with van der Waals surface area (Å²) in [6.45, 7) is 9.01. The van der Waals surface area contributed by atoms with Crippen LogP contribution in [0.25, 0.3) is 0 Å². The summed E-state index contributed by atoms with van der Waals surface area (Å²) in [6.07, 6.45) is 4.75. The molecule has 1 aromatic carbocycles. The first-order valence-corrected chi connectivity index (χ1v) is 9.35. The number of methoxy groups -OCH3 is 1. The van der Waals surface area contributed by atoms with E-state index in [-0.39, 0.29) is 5.60 Å². The highest BCUT2D eigenvalue weighted by atomic mass is 16.5. The highest BCUT2D eigenvalue weighted by molar-refractivity contribution is 5.49. The van der Waals surface area contributed by atoms with Gasteiger partial charge in [-0.15, -0.1) is 0 Å². The van der Waals surface area contributed by atoms with Gasteiger partial charge in [-0.3, -0.25) is 0 Å². The number of likely N-dealkylation sites (tertiary alicyclic amines) is 1. The SMILES string of the molecule is COc1cccc(N[C@H]2COC3(CCN(CCC(C)C)CC3)C2)c1. The van der Waals surface area contributed by atoms with Crippen LogP contribution in [-0.4, -0.2) is 49.9 Å². The molecular formula is C20H32N2O2. The van der Waals surface area contributed by atoms with Crippen LogP contribution in [0.15, 0.2) is 24.3 Å². The first-order chi connectivity index (χ1) is 11.6. The van der Waals surface area contributed by atoms with Gasteiger partial charge >= 0.3 is 0 Å². The molecule has 2 aliphatic heterocycles. The molecular weight excluding hydrogens is 300 g/mol. The molecule has 2 fully saturated rings. The van der Waals surface area contributed by atoms with Gasteiger partial charge in [0.25, 0.3) is 0 Å². The summed E-state index contributed by atoms with van der Waals surface area (Å²) in [5.74, 6) is 1.69. The van der Waals surface area contributed by atoms with Gasteiger partial charge in [0.15, 0.2) is 0 Å². The molecule has 0 bridgehead atoms. The lowest BCUT2D eigenvalue weighted by molar-refractivity contribution is -0.0438. The molecule has 1 spiro atoms. The minimum Gasteiger partial charge on any atom is -0.497 e. The van der Waals surface area contributed by atoms with E-state index in [1.165, 1.54) is 38.9 Å². The van der Waals surface area contributed by atoms with Gasteiger partial charge in [0.05, 0.1) is 25.4 Å². The standard InChI is InChI=1S/C20H32N2O2/c1-16(2)7-10-22-11-8-20(9-12-22)14-18(15-24-20)21-17-5-4-6-19(13-17)23-3/h4-6,13,16,18,21H,7-12,14-15H2,1-3H3/t18-/m1/s1. The van der Waals surface area contributed by atoms with Crippen LogP contribution in [0.5, 0.6) is 5.75 Å². The molecule has 0 unspecified atom stereocenters. The fourth-order valence-corrected chi connectivity index (χ4v) is 3.86. The first kappa shape index (κ1) is 17.6. The molecule has 2 saturated heterocycles. The highest BCUT2D eigenvalue weighted by Gasteiger charge is 2.42. The van der Waals surface area contributed by atoms with Gasteiger partial charge in [0, 0.05) is 24.8 Å². The Labute approximate surface area is 146 Å². The molecule has 4 nitrogen and oxygen atoms in total. The smallest absolute Gasteiger partial charge is 0.120 e. The van der Waals surface area contributed by atoms with Crippen molar-refractivity contribution in [1.29, 1.82) is 0 Å². The zero-order valence-corrected chi connectivity index (χ0v) is 15.4. The molecule has 0 aliphatic carbocycles. The van der Waals surface area contributed by atoms with Crippen LogP contribution in [0.4, 0.5) is 5.69 Å². The van der Waals surface area contributed by atoms with Gasteiger partial charge in [-0.1, -0.05) is 19.9 Å². The lowest BCUT2D eigenvalue weighted by Gasteiger charge is -2.39. The van der Waals surface area contributed by atoms with E-state index >= 15 is 0 Å². The third-order valence-corrected chi connectivity index (χ3v) is 5.44. The van der Waals surface area contributed by atoms with Crippen LogP contribution in [-0.2, 0) is 4.74 Å². The van der Waals surface area contributed by atoms with E-state index in [2.05, 4.69) is 36.2 Å². The highest BCUT2D eigenvalue weighted by Crippen LogP contribution is 2.37. The predicted octanol–water partition coefficient (Wildman–Crippen LogP) is 3.78. The number of rotatable bonds is 6. The van der Waals surface area contributed by atoms with Crippen LogP contribution in [0.3, 0.4) is 0 Å². The largest absolute Gasteiger partial charge is 0.497 e. The second-order valence-electron chi connectivity index (χ2n) is 7.80. The van der Waals surface area contributed by atoms with E-state index in [4.69, 9.17) is 9.47 Å². The maximum Gasteiger partial charge on any atom is 0.120 e. The molecule has 0 aromatic heterocycles. The molecule has 1 atom stereocenters. The van der Waals surface area contributed by atoms with Crippen LogP contribution < -0.4 is 10.1 Å². The summed E-state index contributed by atoms with van der Waals surface area (Å²) < 4.78 is 11.6. The van der Waals surface area contributed by atoms with Gasteiger partial charge in [-0.05, 0) is 50.3 Å². The summed E-state index contributed by atoms with van der Waals surface area (Å²) >= 11 is 0. The van der Waals surface area contributed by atoms with Gasteiger partial charge in [0.2, 0.25) is 0 Å². The molecule has 0 radical (unpaired) electrons. The van der Waals surface area contributed by atoms with E-state index < -0.39 is 0 Å². The predicted molar refractivity (Wildman–Crippen MR) is 98.8 cm³/mol. The van der Waals surface area contributed by atoms with Gasteiger partial charge in [-0.2, -0.15) is 0 Å². The number of hydrogen-bond donors (Lipinski definition) is 1. The van der Waals surface area contributed by atoms with Crippen molar-refractivity contribution in [1.82, 2.24) is 4.90 Å². The van der Waals surface area contributed by atoms with Crippen molar-refractivity contribution >= 4 is 5.69 Å². The van der Waals surface area contributed by atoms with Crippen LogP contribution in [0, 0.1) is 5.92 Å². The lowest BCUT2D eigenvalue weighted by Crippen LogP contribution is -2.44. The van der Waals surface area contributed by atoms with Gasteiger partial charge in [0.1, 0.15) is 5.75 Å². The van der Waals surface area contributed by atoms with E-state index in [1.54, 1.807) is 7.11 Å². The number of anilines is 1. The normalized spacial score (nSPS) is 23.8. The molecule has 1 aromatic rings. The van der Waals surface area contributed by atoms with Crippen LogP contribution in [0.1, 0.15) is 39.5 Å². The van der Waals surface area contributed by atoms with Crippen molar-refractivity contribution in [2.75, 3.05) is 38.7 Å². The van der Waals surface area contributed by atoms with E-state index in [1.807, 2.05) is 12.1 Å². The topological polar surface area (TPSA) is 33.7 Å². The van der Waals surface area contributed by atoms with Crippen molar-refractivity contribution in [3.63, 3.8) is 0 Å². The third-order valence-electron chi connectivity index (χ3n) is 5.44. The molecule has 24 heavy (non-hydrogen) atoms. The number of ether oxygens (including phenoxy) is 2. The lowest BCUT2D eigenvalue weighted by atomic mass is 9.87. The minimum absolute atomic E-state index is 0.102. The van der Waals surface area contributed by atoms with Crippen molar-refractivity contribution in [3.05, 3.63) is 24.3 Å². The van der Waals surface area contributed by atoms with Crippen molar-refractivity contribution < 1.29 is 9.47 Å². The monoisotopic (exact) mass is 332 g/mol. The molecule has 1 N–H and O–H groups in total. The number of nitrogens with one attached hydrogen (secondary N) is 1. The molecule has 3 rings (SSSR count). The molecule has 2 heterocycles. The Morgan fingerprint density at radius 1 is 1.33 bits per heavy atom. The summed E-state index contributed by atoms with van der Waals surface area (Å²) in [5, 5.41) is 3.62.